The van der Waals surface area contributed by atoms with Gasteiger partial charge in [-0.3, -0.25) is 4.79 Å². The molecule has 1 heterocycles. The van der Waals surface area contributed by atoms with Gasteiger partial charge >= 0.3 is 0 Å². The number of unbranched alkanes of at least 4 members (excludes halogenated alkanes) is 1. The first-order valence-corrected chi connectivity index (χ1v) is 8.33. The molecule has 0 bridgehead atoms. The van der Waals surface area contributed by atoms with Gasteiger partial charge in [0, 0.05) is 18.5 Å². The molecule has 3 rings (SSSR count). The molecule has 0 unspecified atom stereocenters. The quantitative estimate of drug-likeness (QED) is 0.853. The van der Waals surface area contributed by atoms with Crippen LogP contribution in [0.1, 0.15) is 73.6 Å². The summed E-state index contributed by atoms with van der Waals surface area (Å²) in [6.07, 6.45) is 7.21. The van der Waals surface area contributed by atoms with Gasteiger partial charge in [-0.15, -0.1) is 0 Å². The molecule has 2 aliphatic carbocycles. The first-order chi connectivity index (χ1) is 10.0. The van der Waals surface area contributed by atoms with Crippen LogP contribution in [0.5, 0.6) is 0 Å². The van der Waals surface area contributed by atoms with Gasteiger partial charge in [-0.1, -0.05) is 27.2 Å². The molecule has 0 spiro atoms. The molecular weight excluding hydrogens is 260 g/mol. The summed E-state index contributed by atoms with van der Waals surface area (Å²) in [6, 6.07) is 0. The molecule has 21 heavy (non-hydrogen) atoms. The molecule has 3 heteroatoms. The zero-order valence-corrected chi connectivity index (χ0v) is 13.5. The van der Waals surface area contributed by atoms with E-state index in [1.807, 2.05) is 0 Å². The Balaban J connectivity index is 2.01. The number of carbonyl (C=O) groups is 1. The van der Waals surface area contributed by atoms with Gasteiger partial charge in [0.2, 0.25) is 0 Å². The van der Waals surface area contributed by atoms with Gasteiger partial charge in [0.1, 0.15) is 5.82 Å². The Morgan fingerprint density at radius 1 is 1.19 bits per heavy atom. The van der Waals surface area contributed by atoms with E-state index in [2.05, 4.69) is 26.1 Å². The highest BCUT2D eigenvalue weighted by Crippen LogP contribution is 2.40. The number of carbonyl (C=O) groups excluding carboxylic acids is 1. The van der Waals surface area contributed by atoms with E-state index in [1.165, 1.54) is 17.5 Å². The molecule has 114 valence electrons. The van der Waals surface area contributed by atoms with Crippen LogP contribution in [0.3, 0.4) is 0 Å². The summed E-state index contributed by atoms with van der Waals surface area (Å²) >= 11 is 0. The lowest BCUT2D eigenvalue weighted by Crippen LogP contribution is -2.29. The average molecular weight is 286 g/mol. The molecule has 3 nitrogen and oxygen atoms in total. The van der Waals surface area contributed by atoms with E-state index in [1.54, 1.807) is 0 Å². The van der Waals surface area contributed by atoms with Crippen molar-refractivity contribution in [2.24, 2.45) is 5.41 Å². The van der Waals surface area contributed by atoms with Crippen LogP contribution < -0.4 is 5.32 Å². The SMILES string of the molecule is CCCCNc1nc2c(c3c1CCC3)C(=O)CC(C)(C)C2. The second-order valence-corrected chi connectivity index (χ2v) is 7.31. The highest BCUT2D eigenvalue weighted by atomic mass is 16.1. The fourth-order valence-electron chi connectivity index (χ4n) is 3.74. The third kappa shape index (κ3) is 2.70. The Labute approximate surface area is 127 Å². The van der Waals surface area contributed by atoms with E-state index in [0.29, 0.717) is 12.2 Å². The van der Waals surface area contributed by atoms with Gasteiger partial charge in [0.05, 0.1) is 5.69 Å². The number of hydrogen-bond donors (Lipinski definition) is 1. The van der Waals surface area contributed by atoms with E-state index in [-0.39, 0.29) is 5.41 Å². The minimum absolute atomic E-state index is 0.0462. The lowest BCUT2D eigenvalue weighted by Gasteiger charge is -2.31. The first-order valence-electron chi connectivity index (χ1n) is 8.33. The molecule has 2 aliphatic rings. The largest absolute Gasteiger partial charge is 0.370 e. The van der Waals surface area contributed by atoms with E-state index in [4.69, 9.17) is 4.98 Å². The highest BCUT2D eigenvalue weighted by molar-refractivity contribution is 6.01. The lowest BCUT2D eigenvalue weighted by molar-refractivity contribution is 0.0909. The lowest BCUT2D eigenvalue weighted by atomic mass is 9.74. The van der Waals surface area contributed by atoms with Crippen molar-refractivity contribution in [2.75, 3.05) is 11.9 Å². The third-order valence-corrected chi connectivity index (χ3v) is 4.73. The number of ketones is 1. The number of hydrogen-bond acceptors (Lipinski definition) is 3. The molecule has 0 aromatic carbocycles. The van der Waals surface area contributed by atoms with Crippen molar-refractivity contribution < 1.29 is 4.79 Å². The molecular formula is C18H26N2O. The Bertz CT molecular complexity index is 575. The minimum Gasteiger partial charge on any atom is -0.370 e. The molecule has 0 saturated heterocycles. The molecule has 1 aromatic heterocycles. The second-order valence-electron chi connectivity index (χ2n) is 7.31. The number of rotatable bonds is 4. The summed E-state index contributed by atoms with van der Waals surface area (Å²) in [6.45, 7) is 7.53. The van der Waals surface area contributed by atoms with Crippen molar-refractivity contribution in [1.82, 2.24) is 4.98 Å². The molecule has 0 fully saturated rings. The predicted octanol–water partition coefficient (Wildman–Crippen LogP) is 3.94. The summed E-state index contributed by atoms with van der Waals surface area (Å²) in [5.41, 5.74) is 4.68. The molecule has 0 aliphatic heterocycles. The van der Waals surface area contributed by atoms with E-state index < -0.39 is 0 Å². The first kappa shape index (κ1) is 14.6. The standard InChI is InChI=1S/C18H26N2O/c1-4-5-9-19-17-13-8-6-7-12(13)16-14(20-17)10-18(2,3)11-15(16)21/h4-11H2,1-3H3,(H,19,20). The van der Waals surface area contributed by atoms with Crippen molar-refractivity contribution in [3.8, 4) is 0 Å². The van der Waals surface area contributed by atoms with Crippen molar-refractivity contribution in [2.45, 2.75) is 65.7 Å². The molecule has 0 amide bonds. The van der Waals surface area contributed by atoms with Crippen LogP contribution in [-0.4, -0.2) is 17.3 Å². The van der Waals surface area contributed by atoms with Gasteiger partial charge in [-0.25, -0.2) is 4.98 Å². The summed E-state index contributed by atoms with van der Waals surface area (Å²) in [7, 11) is 0. The van der Waals surface area contributed by atoms with Crippen LogP contribution in [0.25, 0.3) is 0 Å². The fraction of sp³-hybridized carbons (Fsp3) is 0.667. The minimum atomic E-state index is 0.0462. The van der Waals surface area contributed by atoms with Crippen LogP contribution in [0, 0.1) is 5.41 Å². The van der Waals surface area contributed by atoms with Crippen LogP contribution >= 0.6 is 0 Å². The van der Waals surface area contributed by atoms with Crippen molar-refractivity contribution in [3.63, 3.8) is 0 Å². The van der Waals surface area contributed by atoms with Crippen molar-refractivity contribution in [1.29, 1.82) is 0 Å². The number of aromatic nitrogens is 1. The Hall–Kier alpha value is -1.38. The summed E-state index contributed by atoms with van der Waals surface area (Å²) in [5, 5.41) is 3.52. The molecule has 0 radical (unpaired) electrons. The zero-order valence-electron chi connectivity index (χ0n) is 13.5. The molecule has 1 N–H and O–H groups in total. The number of Topliss-reactive ketones (excluding diaryl/α,β-unsaturated/α-hetero) is 1. The van der Waals surface area contributed by atoms with E-state index in [0.717, 1.165) is 55.7 Å². The van der Waals surface area contributed by atoms with Crippen molar-refractivity contribution in [3.05, 3.63) is 22.4 Å². The highest BCUT2D eigenvalue weighted by Gasteiger charge is 2.36. The Morgan fingerprint density at radius 3 is 2.71 bits per heavy atom. The Morgan fingerprint density at radius 2 is 1.95 bits per heavy atom. The normalized spacial score (nSPS) is 19.3. The van der Waals surface area contributed by atoms with Gasteiger partial charge in [0.25, 0.3) is 0 Å². The number of anilines is 1. The fourth-order valence-corrected chi connectivity index (χ4v) is 3.74. The van der Waals surface area contributed by atoms with Crippen molar-refractivity contribution >= 4 is 11.6 Å². The topological polar surface area (TPSA) is 42.0 Å². The summed E-state index contributed by atoms with van der Waals surface area (Å²) in [4.78, 5) is 17.4. The average Bonchev–Trinajstić information content (AvgIpc) is 2.86. The molecule has 1 aromatic rings. The third-order valence-electron chi connectivity index (χ3n) is 4.73. The van der Waals surface area contributed by atoms with Gasteiger partial charge in [-0.2, -0.15) is 0 Å². The second kappa shape index (κ2) is 5.43. The maximum absolute atomic E-state index is 12.6. The van der Waals surface area contributed by atoms with Gasteiger partial charge in [-0.05, 0) is 48.6 Å². The van der Waals surface area contributed by atoms with Crippen LogP contribution in [0.2, 0.25) is 0 Å². The van der Waals surface area contributed by atoms with Gasteiger partial charge in [0.15, 0.2) is 5.78 Å². The van der Waals surface area contributed by atoms with E-state index in [9.17, 15) is 4.79 Å². The van der Waals surface area contributed by atoms with Crippen LogP contribution in [0.4, 0.5) is 5.82 Å². The summed E-state index contributed by atoms with van der Waals surface area (Å²) < 4.78 is 0. The Kier molecular flexibility index (Phi) is 3.76. The van der Waals surface area contributed by atoms with Gasteiger partial charge < -0.3 is 5.32 Å². The number of pyridine rings is 1. The monoisotopic (exact) mass is 286 g/mol. The number of fused-ring (bicyclic) bond motifs is 3. The maximum Gasteiger partial charge on any atom is 0.165 e. The molecule has 0 saturated carbocycles. The summed E-state index contributed by atoms with van der Waals surface area (Å²) in [5.74, 6) is 1.37. The predicted molar refractivity (Wildman–Crippen MR) is 86.1 cm³/mol. The number of nitrogens with one attached hydrogen (secondary N) is 1. The van der Waals surface area contributed by atoms with Crippen LogP contribution in [-0.2, 0) is 19.3 Å². The maximum atomic E-state index is 12.6. The molecule has 0 atom stereocenters. The van der Waals surface area contributed by atoms with Crippen LogP contribution in [0.15, 0.2) is 0 Å². The number of nitrogens with zero attached hydrogens (tertiary/aromatic N) is 1. The van der Waals surface area contributed by atoms with E-state index >= 15 is 0 Å². The smallest absolute Gasteiger partial charge is 0.165 e. The zero-order chi connectivity index (χ0) is 15.0.